The van der Waals surface area contributed by atoms with E-state index >= 15 is 0 Å². The van der Waals surface area contributed by atoms with Crippen LogP contribution in [0.25, 0.3) is 0 Å². The van der Waals surface area contributed by atoms with Crippen LogP contribution >= 0.6 is 0 Å². The monoisotopic (exact) mass is 390 g/mol. The highest BCUT2D eigenvalue weighted by atomic mass is 16.6. The number of fused-ring (bicyclic) bond motifs is 1. The molecule has 1 aromatic carbocycles. The van der Waals surface area contributed by atoms with E-state index in [0.29, 0.717) is 26.2 Å². The highest BCUT2D eigenvalue weighted by molar-refractivity contribution is 5.75. The number of benzene rings is 1. The van der Waals surface area contributed by atoms with E-state index in [4.69, 9.17) is 9.47 Å². The van der Waals surface area contributed by atoms with Crippen molar-refractivity contribution < 1.29 is 14.3 Å². The smallest absolute Gasteiger partial charge is 0.220 e. The van der Waals surface area contributed by atoms with Crippen LogP contribution in [0.2, 0.25) is 0 Å². The molecule has 0 spiro atoms. The van der Waals surface area contributed by atoms with Gasteiger partial charge in [0.25, 0.3) is 0 Å². The highest BCUT2D eigenvalue weighted by Crippen LogP contribution is 2.30. The molecular formula is C23H38N2O3. The SMILES string of the molecule is CCCCCCCC(=O)NCCc1ccc2c(c1)OCCO2.CN1CCCC1. The fraction of sp³-hybridized carbons (Fsp3) is 0.696. The number of nitrogens with zero attached hydrogens (tertiary/aromatic N) is 1. The van der Waals surface area contributed by atoms with Crippen LogP contribution in [0, 0.1) is 0 Å². The Kier molecular flexibility index (Phi) is 10.8. The largest absolute Gasteiger partial charge is 0.486 e. The number of rotatable bonds is 9. The second-order valence-corrected chi connectivity index (χ2v) is 7.75. The van der Waals surface area contributed by atoms with Gasteiger partial charge >= 0.3 is 0 Å². The molecule has 1 N–H and O–H groups in total. The average Bonchev–Trinajstić information content (AvgIpc) is 3.19. The molecule has 0 saturated carbocycles. The van der Waals surface area contributed by atoms with Gasteiger partial charge in [0, 0.05) is 13.0 Å². The first-order valence-electron chi connectivity index (χ1n) is 11.0. The van der Waals surface area contributed by atoms with Crippen molar-refractivity contribution in [1.29, 1.82) is 0 Å². The molecule has 158 valence electrons. The Labute approximate surface area is 170 Å². The summed E-state index contributed by atoms with van der Waals surface area (Å²) in [5, 5.41) is 2.99. The predicted molar refractivity (Wildman–Crippen MR) is 114 cm³/mol. The molecule has 1 aromatic rings. The van der Waals surface area contributed by atoms with Gasteiger partial charge in [0.1, 0.15) is 13.2 Å². The summed E-state index contributed by atoms with van der Waals surface area (Å²) in [5.74, 6) is 1.78. The first-order valence-corrected chi connectivity index (χ1v) is 11.0. The molecule has 1 fully saturated rings. The lowest BCUT2D eigenvalue weighted by molar-refractivity contribution is -0.121. The van der Waals surface area contributed by atoms with Crippen LogP contribution in [0.4, 0.5) is 0 Å². The summed E-state index contributed by atoms with van der Waals surface area (Å²) in [6.07, 6.45) is 10.2. The molecule has 1 saturated heterocycles. The lowest BCUT2D eigenvalue weighted by Crippen LogP contribution is -2.25. The van der Waals surface area contributed by atoms with Crippen molar-refractivity contribution in [2.24, 2.45) is 0 Å². The minimum atomic E-state index is 0.161. The second kappa shape index (κ2) is 13.4. The van der Waals surface area contributed by atoms with E-state index in [1.165, 1.54) is 45.2 Å². The van der Waals surface area contributed by atoms with E-state index in [1.54, 1.807) is 0 Å². The Hall–Kier alpha value is -1.75. The number of nitrogens with one attached hydrogen (secondary N) is 1. The second-order valence-electron chi connectivity index (χ2n) is 7.75. The molecular weight excluding hydrogens is 352 g/mol. The molecule has 2 aliphatic heterocycles. The van der Waals surface area contributed by atoms with Crippen LogP contribution in [-0.4, -0.2) is 50.7 Å². The quantitative estimate of drug-likeness (QED) is 0.643. The number of hydrogen-bond donors (Lipinski definition) is 1. The predicted octanol–water partition coefficient (Wildman–Crippen LogP) is 4.19. The number of amides is 1. The fourth-order valence-electron chi connectivity index (χ4n) is 3.44. The van der Waals surface area contributed by atoms with Gasteiger partial charge in [-0.05, 0) is 63.5 Å². The summed E-state index contributed by atoms with van der Waals surface area (Å²) in [5.41, 5.74) is 1.16. The standard InChI is InChI=1S/C18H27NO3.C5H11N/c1-2-3-4-5-6-7-18(20)19-11-10-15-8-9-16-17(14-15)22-13-12-21-16;1-6-4-2-3-5-6/h8-9,14H,2-7,10-13H2,1H3,(H,19,20);2-5H2,1H3. The lowest BCUT2D eigenvalue weighted by atomic mass is 10.1. The summed E-state index contributed by atoms with van der Waals surface area (Å²) in [7, 11) is 2.17. The van der Waals surface area contributed by atoms with Crippen LogP contribution < -0.4 is 14.8 Å². The average molecular weight is 391 g/mol. The third kappa shape index (κ3) is 8.96. The van der Waals surface area contributed by atoms with Crippen LogP contribution in [-0.2, 0) is 11.2 Å². The van der Waals surface area contributed by atoms with E-state index in [-0.39, 0.29) is 5.91 Å². The number of hydrogen-bond acceptors (Lipinski definition) is 4. The Morgan fingerprint density at radius 1 is 1.04 bits per heavy atom. The van der Waals surface area contributed by atoms with E-state index in [1.807, 2.05) is 18.2 Å². The van der Waals surface area contributed by atoms with Crippen molar-refractivity contribution in [2.75, 3.05) is 39.9 Å². The highest BCUT2D eigenvalue weighted by Gasteiger charge is 2.11. The van der Waals surface area contributed by atoms with Crippen molar-refractivity contribution >= 4 is 5.91 Å². The van der Waals surface area contributed by atoms with E-state index in [2.05, 4.69) is 24.2 Å². The first-order chi connectivity index (χ1) is 13.7. The van der Waals surface area contributed by atoms with Gasteiger partial charge in [-0.25, -0.2) is 0 Å². The van der Waals surface area contributed by atoms with Gasteiger partial charge in [0.15, 0.2) is 11.5 Å². The van der Waals surface area contributed by atoms with Crippen molar-refractivity contribution in [3.8, 4) is 11.5 Å². The Bertz CT molecular complexity index is 571. The van der Waals surface area contributed by atoms with Crippen LogP contribution in [0.1, 0.15) is 63.9 Å². The van der Waals surface area contributed by atoms with Gasteiger partial charge in [0.05, 0.1) is 0 Å². The maximum Gasteiger partial charge on any atom is 0.220 e. The summed E-state index contributed by atoms with van der Waals surface area (Å²) < 4.78 is 11.1. The van der Waals surface area contributed by atoms with E-state index in [9.17, 15) is 4.79 Å². The Morgan fingerprint density at radius 3 is 2.43 bits per heavy atom. The summed E-state index contributed by atoms with van der Waals surface area (Å²) in [4.78, 5) is 14.1. The zero-order chi connectivity index (χ0) is 20.0. The van der Waals surface area contributed by atoms with Crippen molar-refractivity contribution in [1.82, 2.24) is 10.2 Å². The molecule has 0 atom stereocenters. The van der Waals surface area contributed by atoms with Crippen molar-refractivity contribution in [3.63, 3.8) is 0 Å². The Balaban J connectivity index is 0.000000397. The molecule has 0 aromatic heterocycles. The fourth-order valence-corrected chi connectivity index (χ4v) is 3.44. The van der Waals surface area contributed by atoms with E-state index < -0.39 is 0 Å². The molecule has 0 aliphatic carbocycles. The summed E-state index contributed by atoms with van der Waals surface area (Å²) >= 11 is 0. The maximum absolute atomic E-state index is 11.7. The molecule has 3 rings (SSSR count). The minimum absolute atomic E-state index is 0.161. The van der Waals surface area contributed by atoms with Crippen molar-refractivity contribution in [3.05, 3.63) is 23.8 Å². The summed E-state index contributed by atoms with van der Waals surface area (Å²) in [6, 6.07) is 5.98. The van der Waals surface area contributed by atoms with E-state index in [0.717, 1.165) is 36.3 Å². The molecule has 1 amide bonds. The molecule has 5 heteroatoms. The van der Waals surface area contributed by atoms with Gasteiger partial charge in [-0.1, -0.05) is 38.7 Å². The molecule has 0 unspecified atom stereocenters. The first kappa shape index (κ1) is 22.5. The summed E-state index contributed by atoms with van der Waals surface area (Å²) in [6.45, 7) is 6.73. The zero-order valence-electron chi connectivity index (χ0n) is 17.8. The topological polar surface area (TPSA) is 50.8 Å². The number of likely N-dealkylation sites (tertiary alicyclic amines) is 1. The number of carbonyl (C=O) groups excluding carboxylic acids is 1. The number of carbonyl (C=O) groups is 1. The number of unbranched alkanes of at least 4 members (excludes halogenated alkanes) is 4. The van der Waals surface area contributed by atoms with Crippen LogP contribution in [0.15, 0.2) is 18.2 Å². The third-order valence-electron chi connectivity index (χ3n) is 5.18. The number of ether oxygens (including phenoxy) is 2. The van der Waals surface area contributed by atoms with Gasteiger partial charge in [0.2, 0.25) is 5.91 Å². The zero-order valence-corrected chi connectivity index (χ0v) is 17.8. The molecule has 0 radical (unpaired) electrons. The third-order valence-corrected chi connectivity index (χ3v) is 5.18. The maximum atomic E-state index is 11.7. The van der Waals surface area contributed by atoms with Gasteiger partial charge in [-0.3, -0.25) is 4.79 Å². The molecule has 28 heavy (non-hydrogen) atoms. The Morgan fingerprint density at radius 2 is 1.75 bits per heavy atom. The normalized spacial score (nSPS) is 15.6. The molecule has 2 heterocycles. The van der Waals surface area contributed by atoms with Crippen LogP contribution in [0.3, 0.4) is 0 Å². The minimum Gasteiger partial charge on any atom is -0.486 e. The van der Waals surface area contributed by atoms with Crippen molar-refractivity contribution in [2.45, 2.75) is 64.7 Å². The van der Waals surface area contributed by atoms with Gasteiger partial charge < -0.3 is 19.7 Å². The molecule has 5 nitrogen and oxygen atoms in total. The van der Waals surface area contributed by atoms with Gasteiger partial charge in [-0.15, -0.1) is 0 Å². The van der Waals surface area contributed by atoms with Crippen LogP contribution in [0.5, 0.6) is 11.5 Å². The molecule has 0 bridgehead atoms. The van der Waals surface area contributed by atoms with Gasteiger partial charge in [-0.2, -0.15) is 0 Å². The molecule has 2 aliphatic rings. The lowest BCUT2D eigenvalue weighted by Gasteiger charge is -2.18.